The van der Waals surface area contributed by atoms with E-state index in [2.05, 4.69) is 43.1 Å². The van der Waals surface area contributed by atoms with Gasteiger partial charge in [0, 0.05) is 34.2 Å². The van der Waals surface area contributed by atoms with Gasteiger partial charge in [-0.25, -0.2) is 19.9 Å². The van der Waals surface area contributed by atoms with Crippen LogP contribution in [0.25, 0.3) is 44.4 Å². The third kappa shape index (κ3) is 1.80. The van der Waals surface area contributed by atoms with E-state index in [4.69, 9.17) is 0 Å². The number of nitrogens with zero attached hydrogens (tertiary/aromatic N) is 4. The molecule has 5 aromatic rings. The highest BCUT2D eigenvalue weighted by Crippen LogP contribution is 2.31. The maximum Gasteiger partial charge on any atom is 0.181 e. The van der Waals surface area contributed by atoms with Gasteiger partial charge in [-0.15, -0.1) is 0 Å². The Kier molecular flexibility index (Phi) is 2.43. The SMILES string of the molecule is c1ccc2c(c1)[nH]c1c(-c3ncc4nccnc4n3)cccc12. The monoisotopic (exact) mass is 297 g/mol. The summed E-state index contributed by atoms with van der Waals surface area (Å²) in [4.78, 5) is 21.0. The Morgan fingerprint density at radius 3 is 2.65 bits per heavy atom. The topological polar surface area (TPSA) is 67.3 Å². The molecule has 23 heavy (non-hydrogen) atoms. The second-order valence-corrected chi connectivity index (χ2v) is 5.36. The number of hydrogen-bond acceptors (Lipinski definition) is 4. The summed E-state index contributed by atoms with van der Waals surface area (Å²) in [6.45, 7) is 0. The highest BCUT2D eigenvalue weighted by Gasteiger charge is 2.12. The van der Waals surface area contributed by atoms with Gasteiger partial charge >= 0.3 is 0 Å². The fourth-order valence-electron chi connectivity index (χ4n) is 2.96. The molecule has 5 heteroatoms. The van der Waals surface area contributed by atoms with Crippen molar-refractivity contribution < 1.29 is 0 Å². The fourth-order valence-corrected chi connectivity index (χ4v) is 2.96. The molecule has 2 aromatic carbocycles. The van der Waals surface area contributed by atoms with Crippen LogP contribution in [-0.4, -0.2) is 24.9 Å². The largest absolute Gasteiger partial charge is 0.354 e. The number of rotatable bonds is 1. The Balaban J connectivity index is 1.84. The average molecular weight is 297 g/mol. The smallest absolute Gasteiger partial charge is 0.181 e. The lowest BCUT2D eigenvalue weighted by molar-refractivity contribution is 1.15. The Labute approximate surface area is 131 Å². The first-order valence-electron chi connectivity index (χ1n) is 7.34. The average Bonchev–Trinajstić information content (AvgIpc) is 3.00. The molecule has 0 saturated carbocycles. The Morgan fingerprint density at radius 1 is 0.783 bits per heavy atom. The van der Waals surface area contributed by atoms with Crippen LogP contribution in [0.5, 0.6) is 0 Å². The predicted molar refractivity (Wildman–Crippen MR) is 89.9 cm³/mol. The zero-order valence-corrected chi connectivity index (χ0v) is 12.1. The zero-order valence-electron chi connectivity index (χ0n) is 12.1. The van der Waals surface area contributed by atoms with Gasteiger partial charge in [-0.1, -0.05) is 30.3 Å². The van der Waals surface area contributed by atoms with Gasteiger partial charge in [0.2, 0.25) is 0 Å². The molecular formula is C18H11N5. The molecule has 0 saturated heterocycles. The van der Waals surface area contributed by atoms with Crippen LogP contribution in [0.1, 0.15) is 0 Å². The minimum absolute atomic E-state index is 0.602. The van der Waals surface area contributed by atoms with Gasteiger partial charge in [-0.3, -0.25) is 0 Å². The maximum atomic E-state index is 4.56. The van der Waals surface area contributed by atoms with Gasteiger partial charge in [-0.05, 0) is 12.1 Å². The maximum absolute atomic E-state index is 4.56. The molecule has 0 atom stereocenters. The third-order valence-electron chi connectivity index (χ3n) is 4.01. The van der Waals surface area contributed by atoms with Crippen molar-refractivity contribution in [1.29, 1.82) is 0 Å². The van der Waals surface area contributed by atoms with Gasteiger partial charge in [-0.2, -0.15) is 0 Å². The van der Waals surface area contributed by atoms with Crippen LogP contribution in [0, 0.1) is 0 Å². The van der Waals surface area contributed by atoms with Crippen molar-refractivity contribution in [2.45, 2.75) is 0 Å². The van der Waals surface area contributed by atoms with Crippen LogP contribution < -0.4 is 0 Å². The molecule has 0 aliphatic carbocycles. The Bertz CT molecular complexity index is 1180. The van der Waals surface area contributed by atoms with E-state index in [1.165, 1.54) is 10.8 Å². The number of para-hydroxylation sites is 2. The highest BCUT2D eigenvalue weighted by atomic mass is 15.0. The highest BCUT2D eigenvalue weighted by molar-refractivity contribution is 6.11. The van der Waals surface area contributed by atoms with Crippen LogP contribution >= 0.6 is 0 Å². The van der Waals surface area contributed by atoms with Crippen LogP contribution in [0.3, 0.4) is 0 Å². The molecule has 1 N–H and O–H groups in total. The normalized spacial score (nSPS) is 11.5. The molecule has 0 unspecified atom stereocenters. The molecule has 3 heterocycles. The number of benzene rings is 2. The van der Waals surface area contributed by atoms with E-state index in [1.54, 1.807) is 18.6 Å². The molecule has 0 amide bonds. The van der Waals surface area contributed by atoms with Crippen molar-refractivity contribution in [3.63, 3.8) is 0 Å². The van der Waals surface area contributed by atoms with Crippen molar-refractivity contribution >= 4 is 33.0 Å². The van der Waals surface area contributed by atoms with E-state index < -0.39 is 0 Å². The van der Waals surface area contributed by atoms with Gasteiger partial charge in [0.05, 0.1) is 11.7 Å². The summed E-state index contributed by atoms with van der Waals surface area (Å²) in [6, 6.07) is 14.4. The van der Waals surface area contributed by atoms with Gasteiger partial charge in [0.1, 0.15) is 5.52 Å². The molecule has 0 radical (unpaired) electrons. The standard InChI is InChI=1S/C18H11N5/c1-2-7-14-11(4-1)12-5-3-6-13(16(12)22-14)17-21-10-15-18(23-17)20-9-8-19-15/h1-10,22H. The van der Waals surface area contributed by atoms with Gasteiger partial charge in [0.15, 0.2) is 11.5 Å². The summed E-state index contributed by atoms with van der Waals surface area (Å²) in [5.41, 5.74) is 4.41. The van der Waals surface area contributed by atoms with Crippen LogP contribution in [0.15, 0.2) is 61.1 Å². The summed E-state index contributed by atoms with van der Waals surface area (Å²) < 4.78 is 0. The second kappa shape index (κ2) is 4.58. The van der Waals surface area contributed by atoms with E-state index in [9.17, 15) is 0 Å². The number of aromatic amines is 1. The zero-order chi connectivity index (χ0) is 15.2. The van der Waals surface area contributed by atoms with Crippen LogP contribution in [0.2, 0.25) is 0 Å². The third-order valence-corrected chi connectivity index (χ3v) is 4.01. The minimum Gasteiger partial charge on any atom is -0.354 e. The first-order valence-corrected chi connectivity index (χ1v) is 7.34. The second-order valence-electron chi connectivity index (χ2n) is 5.36. The molecule has 5 nitrogen and oxygen atoms in total. The van der Waals surface area contributed by atoms with E-state index in [0.717, 1.165) is 16.6 Å². The molecule has 0 spiro atoms. The van der Waals surface area contributed by atoms with Crippen molar-refractivity contribution in [1.82, 2.24) is 24.9 Å². The number of H-pyrrole nitrogens is 1. The number of aromatic nitrogens is 5. The molecule has 0 aliphatic heterocycles. The van der Waals surface area contributed by atoms with E-state index in [0.29, 0.717) is 17.0 Å². The molecule has 5 rings (SSSR count). The molecule has 3 aromatic heterocycles. The lowest BCUT2D eigenvalue weighted by atomic mass is 10.1. The molecule has 0 bridgehead atoms. The number of nitrogens with one attached hydrogen (secondary N) is 1. The van der Waals surface area contributed by atoms with Crippen molar-refractivity contribution in [3.05, 3.63) is 61.1 Å². The van der Waals surface area contributed by atoms with Crippen LogP contribution in [0.4, 0.5) is 0 Å². The summed E-state index contributed by atoms with van der Waals surface area (Å²) in [5.74, 6) is 0.648. The van der Waals surface area contributed by atoms with Crippen molar-refractivity contribution in [2.75, 3.05) is 0 Å². The summed E-state index contributed by atoms with van der Waals surface area (Å²) in [6.07, 6.45) is 5.00. The van der Waals surface area contributed by atoms with E-state index >= 15 is 0 Å². The summed E-state index contributed by atoms with van der Waals surface area (Å²) >= 11 is 0. The van der Waals surface area contributed by atoms with Crippen molar-refractivity contribution in [2.24, 2.45) is 0 Å². The molecule has 0 fully saturated rings. The number of fused-ring (bicyclic) bond motifs is 4. The first-order chi connectivity index (χ1) is 11.4. The predicted octanol–water partition coefficient (Wildman–Crippen LogP) is 3.72. The summed E-state index contributed by atoms with van der Waals surface area (Å²) in [5, 5.41) is 2.37. The van der Waals surface area contributed by atoms with Gasteiger partial charge in [0.25, 0.3) is 0 Å². The lowest BCUT2D eigenvalue weighted by Crippen LogP contribution is -1.93. The molecule has 0 aliphatic rings. The first kappa shape index (κ1) is 12.2. The van der Waals surface area contributed by atoms with Crippen LogP contribution in [-0.2, 0) is 0 Å². The number of hydrogen-bond donors (Lipinski definition) is 1. The molecule has 108 valence electrons. The lowest BCUT2D eigenvalue weighted by Gasteiger charge is -2.03. The Hall–Kier alpha value is -3.34. The van der Waals surface area contributed by atoms with Gasteiger partial charge < -0.3 is 4.98 Å². The van der Waals surface area contributed by atoms with E-state index in [1.807, 2.05) is 24.3 Å². The van der Waals surface area contributed by atoms with E-state index in [-0.39, 0.29) is 0 Å². The molecular weight excluding hydrogens is 286 g/mol. The quantitative estimate of drug-likeness (QED) is 0.512. The van der Waals surface area contributed by atoms with Crippen molar-refractivity contribution in [3.8, 4) is 11.4 Å². The minimum atomic E-state index is 0.602. The fraction of sp³-hybridized carbons (Fsp3) is 0. The Morgan fingerprint density at radius 2 is 1.65 bits per heavy atom. The summed E-state index contributed by atoms with van der Waals surface area (Å²) in [7, 11) is 0.